The second kappa shape index (κ2) is 9.49. The summed E-state index contributed by atoms with van der Waals surface area (Å²) in [5.74, 6) is -0.457. The highest BCUT2D eigenvalue weighted by atomic mass is 32.2. The smallest absolute Gasteiger partial charge is 0.338 e. The van der Waals surface area contributed by atoms with E-state index in [1.54, 1.807) is 19.1 Å². The van der Waals surface area contributed by atoms with Gasteiger partial charge in [0, 0.05) is 39.8 Å². The number of ketones is 2. The van der Waals surface area contributed by atoms with E-state index in [2.05, 4.69) is 0 Å². The monoisotopic (exact) mass is 557 g/mol. The van der Waals surface area contributed by atoms with Crippen molar-refractivity contribution in [3.05, 3.63) is 100 Å². The summed E-state index contributed by atoms with van der Waals surface area (Å²) < 4.78 is 44.8. The van der Waals surface area contributed by atoms with Gasteiger partial charge in [-0.05, 0) is 62.4 Å². The largest absolute Gasteiger partial charge is 0.486 e. The number of esters is 1. The van der Waals surface area contributed by atoms with Crippen molar-refractivity contribution in [2.75, 3.05) is 19.8 Å². The number of benzene rings is 3. The van der Waals surface area contributed by atoms with Gasteiger partial charge in [0.05, 0.1) is 15.4 Å². The topological polar surface area (TPSA) is 118 Å². The fourth-order valence-corrected chi connectivity index (χ4v) is 6.79. The predicted molar refractivity (Wildman–Crippen MR) is 143 cm³/mol. The summed E-state index contributed by atoms with van der Waals surface area (Å²) in [6.45, 7) is 4.05. The Morgan fingerprint density at radius 3 is 2.40 bits per heavy atom. The Bertz CT molecular complexity index is 1850. The van der Waals surface area contributed by atoms with Crippen LogP contribution in [0.4, 0.5) is 0 Å². The number of Topliss-reactive ketones (excluding diaryl/α,β-unsaturated/α-hetero) is 1. The third-order valence-corrected chi connectivity index (χ3v) is 8.87. The van der Waals surface area contributed by atoms with Crippen LogP contribution in [0, 0.1) is 13.8 Å². The molecule has 0 unspecified atom stereocenters. The molecule has 4 aromatic rings. The van der Waals surface area contributed by atoms with E-state index in [0.29, 0.717) is 36.0 Å². The number of carbonyl (C=O) groups excluding carboxylic acids is 3. The minimum atomic E-state index is -4.02. The van der Waals surface area contributed by atoms with E-state index < -0.39 is 34.0 Å². The highest BCUT2D eigenvalue weighted by molar-refractivity contribution is 7.91. The van der Waals surface area contributed by atoms with Crippen LogP contribution in [-0.4, -0.2) is 50.3 Å². The molecule has 0 bridgehead atoms. The molecule has 40 heavy (non-hydrogen) atoms. The molecule has 0 fully saturated rings. The second-order valence-corrected chi connectivity index (χ2v) is 11.4. The highest BCUT2D eigenvalue weighted by Crippen LogP contribution is 2.35. The zero-order chi connectivity index (χ0) is 28.2. The Hall–Kier alpha value is -4.70. The first kappa shape index (κ1) is 25.6. The van der Waals surface area contributed by atoms with E-state index in [1.807, 2.05) is 29.7 Å². The van der Waals surface area contributed by atoms with Crippen LogP contribution in [0.25, 0.3) is 5.69 Å². The van der Waals surface area contributed by atoms with E-state index in [9.17, 15) is 22.8 Å². The molecule has 0 saturated carbocycles. The van der Waals surface area contributed by atoms with Crippen molar-refractivity contribution in [2.45, 2.75) is 23.6 Å². The molecule has 0 N–H and O–H groups in total. The van der Waals surface area contributed by atoms with Crippen LogP contribution in [0.15, 0.2) is 76.5 Å². The minimum absolute atomic E-state index is 0.0158. The van der Waals surface area contributed by atoms with Crippen LogP contribution >= 0.6 is 0 Å². The highest BCUT2D eigenvalue weighted by Gasteiger charge is 2.35. The maximum Gasteiger partial charge on any atom is 0.338 e. The first-order valence-electron chi connectivity index (χ1n) is 12.5. The fraction of sp³-hybridized carbons (Fsp3) is 0.167. The third kappa shape index (κ3) is 4.08. The Labute approximate surface area is 229 Å². The lowest BCUT2D eigenvalue weighted by Gasteiger charge is -2.20. The summed E-state index contributed by atoms with van der Waals surface area (Å²) in [6.07, 6.45) is 0. The Kier molecular flexibility index (Phi) is 6.07. The second-order valence-electron chi connectivity index (χ2n) is 9.49. The summed E-state index contributed by atoms with van der Waals surface area (Å²) in [7, 11) is -4.02. The predicted octanol–water partition coefficient (Wildman–Crippen LogP) is 4.28. The number of nitrogens with zero attached hydrogens (tertiary/aromatic N) is 1. The van der Waals surface area contributed by atoms with Crippen LogP contribution in [0.1, 0.15) is 48.0 Å². The number of aromatic nitrogens is 1. The molecule has 0 spiro atoms. The number of aryl methyl sites for hydroxylation is 1. The molecule has 0 saturated heterocycles. The molecule has 6 rings (SSSR count). The van der Waals surface area contributed by atoms with Crippen LogP contribution < -0.4 is 9.47 Å². The molecule has 2 aliphatic rings. The summed E-state index contributed by atoms with van der Waals surface area (Å²) >= 11 is 0. The van der Waals surface area contributed by atoms with Gasteiger partial charge in [0.15, 0.2) is 23.9 Å². The molecule has 0 amide bonds. The van der Waals surface area contributed by atoms with Crippen molar-refractivity contribution in [1.29, 1.82) is 0 Å². The van der Waals surface area contributed by atoms with Crippen LogP contribution in [-0.2, 0) is 14.6 Å². The van der Waals surface area contributed by atoms with E-state index in [4.69, 9.17) is 14.2 Å². The van der Waals surface area contributed by atoms with Crippen molar-refractivity contribution in [1.82, 2.24) is 4.57 Å². The molecular weight excluding hydrogens is 534 g/mol. The van der Waals surface area contributed by atoms with Gasteiger partial charge in [0.2, 0.25) is 15.6 Å². The average molecular weight is 558 g/mol. The molecule has 2 aliphatic heterocycles. The number of hydrogen-bond donors (Lipinski definition) is 0. The van der Waals surface area contributed by atoms with Crippen LogP contribution in [0.5, 0.6) is 11.5 Å². The summed E-state index contributed by atoms with van der Waals surface area (Å²) in [5, 5.41) is 0. The van der Waals surface area contributed by atoms with Gasteiger partial charge in [-0.25, -0.2) is 13.2 Å². The molecule has 202 valence electrons. The number of fused-ring (bicyclic) bond motifs is 3. The molecule has 9 nitrogen and oxygen atoms in total. The fourth-order valence-electron chi connectivity index (χ4n) is 5.12. The van der Waals surface area contributed by atoms with Gasteiger partial charge in [-0.3, -0.25) is 9.59 Å². The SMILES string of the molecule is Cc1cc(C(=O)COC(=O)c2ccc3c(c2)S(=O)(=O)c2ccccc2C3=O)c(C)n1-c1ccc2c(c1)OCCO2. The Morgan fingerprint density at radius 1 is 0.875 bits per heavy atom. The molecule has 3 heterocycles. The zero-order valence-corrected chi connectivity index (χ0v) is 22.4. The molecule has 0 atom stereocenters. The number of sulfone groups is 1. The Balaban J connectivity index is 1.22. The van der Waals surface area contributed by atoms with E-state index in [1.165, 1.54) is 30.3 Å². The zero-order valence-electron chi connectivity index (χ0n) is 21.6. The normalized spacial score (nSPS) is 14.7. The minimum Gasteiger partial charge on any atom is -0.486 e. The summed E-state index contributed by atoms with van der Waals surface area (Å²) in [4.78, 5) is 38.4. The first-order valence-corrected chi connectivity index (χ1v) is 14.0. The van der Waals surface area contributed by atoms with Gasteiger partial charge in [-0.15, -0.1) is 0 Å². The molecular formula is C30H23NO8S. The van der Waals surface area contributed by atoms with Gasteiger partial charge >= 0.3 is 5.97 Å². The van der Waals surface area contributed by atoms with Crippen molar-refractivity contribution in [3.63, 3.8) is 0 Å². The third-order valence-electron chi connectivity index (χ3n) is 7.02. The van der Waals surface area contributed by atoms with E-state index in [-0.39, 0.29) is 26.5 Å². The molecule has 10 heteroatoms. The lowest BCUT2D eigenvalue weighted by atomic mass is 10.0. The lowest BCUT2D eigenvalue weighted by Crippen LogP contribution is -2.21. The van der Waals surface area contributed by atoms with Crippen LogP contribution in [0.2, 0.25) is 0 Å². The number of ether oxygens (including phenoxy) is 3. The van der Waals surface area contributed by atoms with Crippen molar-refractivity contribution in [2.24, 2.45) is 0 Å². The lowest BCUT2D eigenvalue weighted by molar-refractivity contribution is 0.0474. The first-order chi connectivity index (χ1) is 19.2. The van der Waals surface area contributed by atoms with Gasteiger partial charge in [0.1, 0.15) is 13.2 Å². The van der Waals surface area contributed by atoms with Crippen LogP contribution in [0.3, 0.4) is 0 Å². The van der Waals surface area contributed by atoms with Gasteiger partial charge in [-0.2, -0.15) is 0 Å². The Morgan fingerprint density at radius 2 is 1.60 bits per heavy atom. The van der Waals surface area contributed by atoms with Gasteiger partial charge in [-0.1, -0.05) is 12.1 Å². The van der Waals surface area contributed by atoms with E-state index in [0.717, 1.165) is 17.4 Å². The van der Waals surface area contributed by atoms with Crippen molar-refractivity contribution < 1.29 is 37.0 Å². The number of hydrogen-bond acceptors (Lipinski definition) is 8. The maximum absolute atomic E-state index is 13.2. The average Bonchev–Trinajstić information content (AvgIpc) is 3.27. The standard InChI is InChI=1S/C30H23NO8S/c1-17-13-23(18(2)31(17)20-8-10-25-26(15-20)38-12-11-37-25)24(32)16-39-30(34)19-7-9-22-28(14-19)40(35,36)27-6-4-3-5-21(27)29(22)33/h3-10,13-15H,11-12,16H2,1-2H3. The number of rotatable bonds is 5. The molecule has 1 aromatic heterocycles. The summed E-state index contributed by atoms with van der Waals surface area (Å²) in [5.41, 5.74) is 2.63. The number of carbonyl (C=O) groups is 3. The summed E-state index contributed by atoms with van der Waals surface area (Å²) in [6, 6.07) is 16.9. The molecule has 0 radical (unpaired) electrons. The molecule has 0 aliphatic carbocycles. The maximum atomic E-state index is 13.2. The van der Waals surface area contributed by atoms with E-state index >= 15 is 0 Å². The van der Waals surface area contributed by atoms with Crippen molar-refractivity contribution in [3.8, 4) is 17.2 Å². The quantitative estimate of drug-likeness (QED) is 0.232. The van der Waals surface area contributed by atoms with Gasteiger partial charge in [0.25, 0.3) is 0 Å². The van der Waals surface area contributed by atoms with Gasteiger partial charge < -0.3 is 18.8 Å². The molecule has 3 aromatic carbocycles. The van der Waals surface area contributed by atoms with Crippen molar-refractivity contribution >= 4 is 27.4 Å².